The molecule has 4 amide bonds. The van der Waals surface area contributed by atoms with E-state index in [-0.39, 0.29) is 62.3 Å². The topological polar surface area (TPSA) is 201 Å². The highest BCUT2D eigenvalue weighted by Gasteiger charge is 2.20. The monoisotopic (exact) mass is 1030 g/mol. The Balaban J connectivity index is 0.947. The zero-order valence-corrected chi connectivity index (χ0v) is 41.8. The van der Waals surface area contributed by atoms with Crippen LogP contribution in [-0.4, -0.2) is 55.6 Å². The van der Waals surface area contributed by atoms with Gasteiger partial charge in [0.1, 0.15) is 49.4 Å². The number of ketones is 1. The van der Waals surface area contributed by atoms with Gasteiger partial charge in [0, 0.05) is 37.2 Å². The van der Waals surface area contributed by atoms with Gasteiger partial charge in [-0.05, 0) is 102 Å². The number of nitrogens with one attached hydrogen (secondary N) is 4. The van der Waals surface area contributed by atoms with Crippen molar-refractivity contribution in [3.63, 3.8) is 0 Å². The van der Waals surface area contributed by atoms with Crippen LogP contribution < -0.4 is 35.5 Å². The summed E-state index contributed by atoms with van der Waals surface area (Å²) in [6.45, 7) is 1.18. The maximum Gasteiger partial charge on any atom is 0.414 e. The minimum Gasteiger partial charge on any atom is -0.494 e. The summed E-state index contributed by atoms with van der Waals surface area (Å²) in [6.07, 6.45) is 0.0611. The summed E-state index contributed by atoms with van der Waals surface area (Å²) >= 11 is 0. The van der Waals surface area contributed by atoms with Gasteiger partial charge in [0.05, 0.1) is 12.2 Å². The first-order valence-electron chi connectivity index (χ1n) is 24.8. The first-order valence-corrected chi connectivity index (χ1v) is 24.8. The van der Waals surface area contributed by atoms with Gasteiger partial charge in [-0.15, -0.1) is 0 Å². The smallest absolute Gasteiger partial charge is 0.414 e. The standard InChI is InChI=1S/C60H59N5O11/c66-55(25-14-5-15-36-62-58(68)73-41-45-19-8-2-9-20-45)53-35-34-52(39-54(53)56(67)63-48-26-28-50(29-27-48)76-51-32-30-49(31-33-51)72-40-44-17-6-1-7-18-44)71-38-16-37-61-57(64-59(69)74-42-46-21-10-3-11-22-46)65-60(70)75-43-47-23-12-4-13-24-47/h1-4,6-13,17-24,26-35,39H,5,14-16,25,36-38,40-43H2,(H,62,68)(H,63,67)(H2,61,64,65,69,70). The molecule has 7 aromatic rings. The maximum atomic E-state index is 14.0. The Morgan fingerprint density at radius 2 is 0.921 bits per heavy atom. The second kappa shape index (κ2) is 29.9. The van der Waals surface area contributed by atoms with Crippen LogP contribution in [0.1, 0.15) is 75.1 Å². The Morgan fingerprint density at radius 1 is 0.434 bits per heavy atom. The molecule has 0 saturated carbocycles. The number of benzene rings is 7. The van der Waals surface area contributed by atoms with Crippen LogP contribution in [0.4, 0.5) is 20.1 Å². The van der Waals surface area contributed by atoms with E-state index in [2.05, 4.69) is 26.3 Å². The number of rotatable bonds is 25. The molecule has 0 bridgehead atoms. The number of amides is 4. The van der Waals surface area contributed by atoms with Gasteiger partial charge in [-0.1, -0.05) is 128 Å². The molecule has 0 radical (unpaired) electrons. The molecule has 390 valence electrons. The van der Waals surface area contributed by atoms with Crippen LogP contribution in [0.5, 0.6) is 23.0 Å². The van der Waals surface area contributed by atoms with Crippen molar-refractivity contribution < 1.29 is 52.4 Å². The van der Waals surface area contributed by atoms with Gasteiger partial charge in [0.15, 0.2) is 5.78 Å². The van der Waals surface area contributed by atoms with Crippen LogP contribution in [0.3, 0.4) is 0 Å². The molecule has 0 spiro atoms. The van der Waals surface area contributed by atoms with Crippen molar-refractivity contribution in [2.24, 2.45) is 4.99 Å². The Hall–Kier alpha value is -9.44. The summed E-state index contributed by atoms with van der Waals surface area (Å²) in [5.74, 6) is 1.20. The number of anilines is 1. The third-order valence-electron chi connectivity index (χ3n) is 11.2. The summed E-state index contributed by atoms with van der Waals surface area (Å²) in [6, 6.07) is 56.3. The van der Waals surface area contributed by atoms with Crippen LogP contribution in [0.25, 0.3) is 0 Å². The van der Waals surface area contributed by atoms with Gasteiger partial charge in [-0.2, -0.15) is 0 Å². The molecule has 0 aliphatic rings. The first kappa shape index (κ1) is 54.3. The Bertz CT molecular complexity index is 2900. The number of Topliss-reactive ketones (excluding diaryl/α,β-unsaturated/α-hetero) is 1. The highest BCUT2D eigenvalue weighted by atomic mass is 16.6. The van der Waals surface area contributed by atoms with Gasteiger partial charge in [-0.3, -0.25) is 25.2 Å². The summed E-state index contributed by atoms with van der Waals surface area (Å²) in [5.41, 5.74) is 4.27. The summed E-state index contributed by atoms with van der Waals surface area (Å²) in [4.78, 5) is 69.8. The van der Waals surface area contributed by atoms with Crippen LogP contribution in [0.2, 0.25) is 0 Å². The lowest BCUT2D eigenvalue weighted by molar-refractivity contribution is 0.0961. The van der Waals surface area contributed by atoms with Gasteiger partial charge in [0.2, 0.25) is 5.96 Å². The Morgan fingerprint density at radius 3 is 1.47 bits per heavy atom. The molecule has 0 unspecified atom stereocenters. The minimum atomic E-state index is -0.840. The number of unbranched alkanes of at least 4 members (excludes halogenated alkanes) is 2. The van der Waals surface area contributed by atoms with E-state index in [9.17, 15) is 24.0 Å². The third-order valence-corrected chi connectivity index (χ3v) is 11.2. The summed E-state index contributed by atoms with van der Waals surface area (Å²) < 4.78 is 33.9. The Kier molecular flexibility index (Phi) is 21.4. The van der Waals surface area contributed by atoms with Crippen LogP contribution >= 0.6 is 0 Å². The third kappa shape index (κ3) is 19.2. The highest BCUT2D eigenvalue weighted by molar-refractivity contribution is 6.13. The fourth-order valence-corrected chi connectivity index (χ4v) is 7.28. The molecular formula is C60H59N5O11. The molecule has 76 heavy (non-hydrogen) atoms. The molecular weight excluding hydrogens is 967 g/mol. The predicted molar refractivity (Wildman–Crippen MR) is 287 cm³/mol. The average Bonchev–Trinajstić information content (AvgIpc) is 3.45. The van der Waals surface area contributed by atoms with Crippen molar-refractivity contribution in [1.82, 2.24) is 16.0 Å². The second-order valence-corrected chi connectivity index (χ2v) is 17.1. The molecule has 0 aromatic heterocycles. The van der Waals surface area contributed by atoms with Crippen molar-refractivity contribution in [2.75, 3.05) is 25.0 Å². The number of carbonyl (C=O) groups is 5. The van der Waals surface area contributed by atoms with E-state index < -0.39 is 24.2 Å². The first-order chi connectivity index (χ1) is 37.2. The van der Waals surface area contributed by atoms with Crippen molar-refractivity contribution in [1.29, 1.82) is 0 Å². The van der Waals surface area contributed by atoms with E-state index in [1.165, 1.54) is 6.07 Å². The predicted octanol–water partition coefficient (Wildman–Crippen LogP) is 12.0. The van der Waals surface area contributed by atoms with Crippen molar-refractivity contribution in [3.8, 4) is 23.0 Å². The molecule has 0 atom stereocenters. The lowest BCUT2D eigenvalue weighted by Crippen LogP contribution is -2.44. The van der Waals surface area contributed by atoms with Gasteiger partial charge in [0.25, 0.3) is 5.91 Å². The molecule has 0 heterocycles. The van der Waals surface area contributed by atoms with E-state index in [1.54, 1.807) is 36.4 Å². The Labute approximate surface area is 441 Å². The molecule has 0 saturated heterocycles. The lowest BCUT2D eigenvalue weighted by atomic mass is 9.98. The normalized spacial score (nSPS) is 10.5. The summed E-state index contributed by atoms with van der Waals surface area (Å²) in [7, 11) is 0. The van der Waals surface area contributed by atoms with E-state index in [4.69, 9.17) is 28.4 Å². The number of alkyl carbamates (subject to hydrolysis) is 3. The van der Waals surface area contributed by atoms with Crippen molar-refractivity contribution in [2.45, 2.75) is 58.5 Å². The number of carbonyl (C=O) groups excluding carboxylic acids is 5. The SMILES string of the molecule is O=C(NCCCCCC(=O)c1ccc(OCCCN=C(NC(=O)OCc2ccccc2)NC(=O)OCc2ccccc2)cc1C(=O)Nc1ccc(Oc2ccc(OCc3ccccc3)cc2)cc1)OCc1ccccc1. The zero-order chi connectivity index (χ0) is 53.0. The van der Waals surface area contributed by atoms with E-state index in [0.717, 1.165) is 22.3 Å². The molecule has 0 aliphatic carbocycles. The molecule has 7 aromatic carbocycles. The number of hydrogen-bond acceptors (Lipinski definition) is 12. The van der Waals surface area contributed by atoms with Crippen molar-refractivity contribution in [3.05, 3.63) is 221 Å². The van der Waals surface area contributed by atoms with E-state index in [1.807, 2.05) is 146 Å². The quantitative estimate of drug-likeness (QED) is 0.0140. The lowest BCUT2D eigenvalue weighted by Gasteiger charge is -2.14. The highest BCUT2D eigenvalue weighted by Crippen LogP contribution is 2.27. The fourth-order valence-electron chi connectivity index (χ4n) is 7.28. The molecule has 0 aliphatic heterocycles. The second-order valence-electron chi connectivity index (χ2n) is 17.1. The number of hydrogen-bond donors (Lipinski definition) is 4. The van der Waals surface area contributed by atoms with E-state index >= 15 is 0 Å². The largest absolute Gasteiger partial charge is 0.494 e. The zero-order valence-electron chi connectivity index (χ0n) is 41.8. The van der Waals surface area contributed by atoms with Crippen LogP contribution in [-0.2, 0) is 40.6 Å². The molecule has 7 rings (SSSR count). The van der Waals surface area contributed by atoms with Crippen molar-refractivity contribution >= 4 is 41.6 Å². The van der Waals surface area contributed by atoms with Gasteiger partial charge < -0.3 is 39.1 Å². The van der Waals surface area contributed by atoms with Gasteiger partial charge >= 0.3 is 18.3 Å². The summed E-state index contributed by atoms with van der Waals surface area (Å²) in [5, 5.41) is 10.6. The van der Waals surface area contributed by atoms with Crippen LogP contribution in [0, 0.1) is 0 Å². The number of guanidine groups is 1. The van der Waals surface area contributed by atoms with E-state index in [0.29, 0.717) is 67.5 Å². The van der Waals surface area contributed by atoms with Crippen LogP contribution in [0.15, 0.2) is 193 Å². The molecule has 0 fully saturated rings. The number of ether oxygens (including phenoxy) is 6. The molecule has 16 nitrogen and oxygen atoms in total. The fraction of sp³-hybridized carbons (Fsp3) is 0.200. The van der Waals surface area contributed by atoms with Gasteiger partial charge in [-0.25, -0.2) is 14.4 Å². The maximum absolute atomic E-state index is 14.0. The number of aliphatic imine (C=N–C) groups is 1. The minimum absolute atomic E-state index is 0.00594. The average molecular weight is 1030 g/mol. The number of nitrogens with zero attached hydrogens (tertiary/aromatic N) is 1. The molecule has 16 heteroatoms. The molecule has 4 N–H and O–H groups in total.